The van der Waals surface area contributed by atoms with Gasteiger partial charge in [0.05, 0.1) is 17.2 Å². The van der Waals surface area contributed by atoms with E-state index in [0.717, 1.165) is 0 Å². The molecule has 1 aliphatic rings. The van der Waals surface area contributed by atoms with Crippen LogP contribution in [0.15, 0.2) is 12.1 Å². The number of benzene rings is 1. The van der Waals surface area contributed by atoms with Crippen LogP contribution in [-0.2, 0) is 0 Å². The molecule has 2 rings (SSSR count). The normalized spacial score (nSPS) is 18.7. The second kappa shape index (κ2) is 5.01. The van der Waals surface area contributed by atoms with Crippen molar-refractivity contribution in [3.05, 3.63) is 34.4 Å². The molecule has 0 radical (unpaired) electrons. The molecule has 0 aliphatic carbocycles. The van der Waals surface area contributed by atoms with Crippen molar-refractivity contribution in [2.45, 2.75) is 26.4 Å². The monoisotopic (exact) mass is 263 g/mol. The first-order valence-electron chi connectivity index (χ1n) is 6.22. The van der Waals surface area contributed by atoms with Gasteiger partial charge in [0, 0.05) is 13.1 Å². The highest BCUT2D eigenvalue weighted by atomic mass is 16.4. The minimum atomic E-state index is -1.09. The Morgan fingerprint density at radius 2 is 1.79 bits per heavy atom. The van der Waals surface area contributed by atoms with E-state index in [1.807, 2.05) is 0 Å². The zero-order chi connectivity index (χ0) is 14.2. The van der Waals surface area contributed by atoms with Crippen LogP contribution in [0, 0.1) is 13.8 Å². The van der Waals surface area contributed by atoms with Crippen molar-refractivity contribution in [3.63, 3.8) is 0 Å². The fraction of sp³-hybridized carbons (Fsp3) is 0.429. The van der Waals surface area contributed by atoms with Crippen LogP contribution in [0.2, 0.25) is 0 Å². The lowest BCUT2D eigenvalue weighted by Crippen LogP contribution is -2.31. The summed E-state index contributed by atoms with van der Waals surface area (Å²) in [5.41, 5.74) is 1.52. The summed E-state index contributed by atoms with van der Waals surface area (Å²) in [6, 6.07) is 3.45. The largest absolute Gasteiger partial charge is 0.478 e. The Balaban J connectivity index is 2.46. The number of rotatable bonds is 2. The maximum atomic E-state index is 12.4. The quantitative estimate of drug-likeness (QED) is 0.840. The Hall–Kier alpha value is -1.88. The molecule has 5 heteroatoms. The lowest BCUT2D eigenvalue weighted by Gasteiger charge is -2.19. The molecule has 2 N–H and O–H groups in total. The molecule has 0 saturated carbocycles. The number of hydrogen-bond acceptors (Lipinski definition) is 3. The summed E-state index contributed by atoms with van der Waals surface area (Å²) >= 11 is 0. The minimum Gasteiger partial charge on any atom is -0.478 e. The van der Waals surface area contributed by atoms with E-state index in [0.29, 0.717) is 24.1 Å². The third kappa shape index (κ3) is 2.46. The number of aliphatic hydroxyl groups is 1. The number of carboxylic acids is 1. The molecule has 1 aliphatic heterocycles. The van der Waals surface area contributed by atoms with Crippen LogP contribution in [-0.4, -0.2) is 46.2 Å². The van der Waals surface area contributed by atoms with Crippen LogP contribution in [0.25, 0.3) is 0 Å². The first kappa shape index (κ1) is 13.5. The van der Waals surface area contributed by atoms with Gasteiger partial charge in [0.1, 0.15) is 0 Å². The summed E-state index contributed by atoms with van der Waals surface area (Å²) in [5.74, 6) is -1.40. The number of carbonyl (C=O) groups is 2. The van der Waals surface area contributed by atoms with E-state index in [1.165, 1.54) is 4.90 Å². The average molecular weight is 263 g/mol. The summed E-state index contributed by atoms with van der Waals surface area (Å²) in [6.07, 6.45) is 0.0290. The third-order valence-electron chi connectivity index (χ3n) is 3.50. The van der Waals surface area contributed by atoms with Crippen LogP contribution in [0.4, 0.5) is 0 Å². The first-order valence-corrected chi connectivity index (χ1v) is 6.22. The Morgan fingerprint density at radius 1 is 1.21 bits per heavy atom. The van der Waals surface area contributed by atoms with Crippen LogP contribution >= 0.6 is 0 Å². The molecule has 1 atom stereocenters. The van der Waals surface area contributed by atoms with Gasteiger partial charge in [0.15, 0.2) is 0 Å². The Bertz CT molecular complexity index is 538. The number of nitrogens with zero attached hydrogens (tertiary/aromatic N) is 1. The van der Waals surface area contributed by atoms with Gasteiger partial charge in [-0.05, 0) is 31.4 Å². The highest BCUT2D eigenvalue weighted by Gasteiger charge is 2.29. The molecular weight excluding hydrogens is 246 g/mol. The van der Waals surface area contributed by atoms with Crippen LogP contribution in [0.3, 0.4) is 0 Å². The van der Waals surface area contributed by atoms with E-state index < -0.39 is 12.1 Å². The van der Waals surface area contributed by atoms with Crippen LogP contribution in [0.1, 0.15) is 38.3 Å². The smallest absolute Gasteiger partial charge is 0.336 e. The fourth-order valence-electron chi connectivity index (χ4n) is 2.45. The Kier molecular flexibility index (Phi) is 3.57. The summed E-state index contributed by atoms with van der Waals surface area (Å²) in [4.78, 5) is 25.3. The maximum absolute atomic E-state index is 12.4. The van der Waals surface area contributed by atoms with E-state index in [-0.39, 0.29) is 23.6 Å². The average Bonchev–Trinajstić information content (AvgIpc) is 2.77. The SMILES string of the molecule is Cc1ccc(C)c(C(=O)N2CC[C@@H](O)C2)c1C(=O)O. The molecule has 1 saturated heterocycles. The molecule has 1 heterocycles. The van der Waals surface area contributed by atoms with Crippen LogP contribution in [0.5, 0.6) is 0 Å². The molecule has 1 fully saturated rings. The Morgan fingerprint density at radius 3 is 2.26 bits per heavy atom. The van der Waals surface area contributed by atoms with Gasteiger partial charge in [0.25, 0.3) is 5.91 Å². The van der Waals surface area contributed by atoms with E-state index in [1.54, 1.807) is 26.0 Å². The molecule has 19 heavy (non-hydrogen) atoms. The van der Waals surface area contributed by atoms with E-state index in [2.05, 4.69) is 0 Å². The number of amides is 1. The molecule has 0 aromatic heterocycles. The van der Waals surface area contributed by atoms with E-state index in [9.17, 15) is 19.8 Å². The molecule has 102 valence electrons. The molecule has 1 aromatic rings. The second-order valence-electron chi connectivity index (χ2n) is 4.95. The van der Waals surface area contributed by atoms with Gasteiger partial charge in [-0.25, -0.2) is 4.79 Å². The van der Waals surface area contributed by atoms with E-state index >= 15 is 0 Å². The predicted octanol–water partition coefficient (Wildman–Crippen LogP) is 1.21. The molecular formula is C14H17NO4. The molecule has 0 bridgehead atoms. The Labute approximate surface area is 111 Å². The highest BCUT2D eigenvalue weighted by Crippen LogP contribution is 2.22. The third-order valence-corrected chi connectivity index (χ3v) is 3.50. The molecule has 5 nitrogen and oxygen atoms in total. The number of aromatic carboxylic acids is 1. The number of hydrogen-bond donors (Lipinski definition) is 2. The van der Waals surface area contributed by atoms with Gasteiger partial charge >= 0.3 is 5.97 Å². The van der Waals surface area contributed by atoms with Gasteiger partial charge in [-0.3, -0.25) is 4.79 Å². The van der Waals surface area contributed by atoms with Gasteiger partial charge in [0.2, 0.25) is 0 Å². The van der Waals surface area contributed by atoms with Crippen molar-refractivity contribution in [1.29, 1.82) is 0 Å². The first-order chi connectivity index (χ1) is 8.91. The van der Waals surface area contributed by atoms with Gasteiger partial charge < -0.3 is 15.1 Å². The number of likely N-dealkylation sites (tertiary alicyclic amines) is 1. The summed E-state index contributed by atoms with van der Waals surface area (Å²) < 4.78 is 0. The number of β-amino-alcohol motifs (C(OH)–C–C–N with tert-alkyl or cyclic N) is 1. The highest BCUT2D eigenvalue weighted by molar-refractivity contribution is 6.06. The predicted molar refractivity (Wildman–Crippen MR) is 69.4 cm³/mol. The van der Waals surface area contributed by atoms with E-state index in [4.69, 9.17) is 0 Å². The number of aliphatic hydroxyl groups excluding tert-OH is 1. The maximum Gasteiger partial charge on any atom is 0.336 e. The van der Waals surface area contributed by atoms with Gasteiger partial charge in [-0.2, -0.15) is 0 Å². The van der Waals surface area contributed by atoms with Crippen molar-refractivity contribution in [1.82, 2.24) is 4.90 Å². The second-order valence-corrected chi connectivity index (χ2v) is 4.95. The molecule has 0 spiro atoms. The summed E-state index contributed by atoms with van der Waals surface area (Å²) in [6.45, 7) is 4.14. The molecule has 1 amide bonds. The number of aryl methyl sites for hydroxylation is 2. The van der Waals surface area contributed by atoms with Crippen molar-refractivity contribution < 1.29 is 19.8 Å². The number of carboxylic acid groups (broad SMARTS) is 1. The standard InChI is InChI=1S/C14H17NO4/c1-8-3-4-9(2)12(14(18)19)11(8)13(17)15-6-5-10(16)7-15/h3-4,10,16H,5-7H2,1-2H3,(H,18,19)/t10-/m1/s1. The summed E-state index contributed by atoms with van der Waals surface area (Å²) in [7, 11) is 0. The molecule has 0 unspecified atom stereocenters. The number of carbonyl (C=O) groups excluding carboxylic acids is 1. The molecule has 1 aromatic carbocycles. The summed E-state index contributed by atoms with van der Waals surface area (Å²) in [5, 5.41) is 18.8. The minimum absolute atomic E-state index is 0.0615. The zero-order valence-corrected chi connectivity index (χ0v) is 11.0. The lowest BCUT2D eigenvalue weighted by molar-refractivity contribution is 0.0676. The zero-order valence-electron chi connectivity index (χ0n) is 11.0. The van der Waals surface area contributed by atoms with Gasteiger partial charge in [-0.1, -0.05) is 12.1 Å². The van der Waals surface area contributed by atoms with Crippen LogP contribution < -0.4 is 0 Å². The van der Waals surface area contributed by atoms with Gasteiger partial charge in [-0.15, -0.1) is 0 Å². The van der Waals surface area contributed by atoms with Crippen molar-refractivity contribution in [3.8, 4) is 0 Å². The lowest BCUT2D eigenvalue weighted by atomic mass is 9.96. The van der Waals surface area contributed by atoms with Crippen molar-refractivity contribution in [2.24, 2.45) is 0 Å². The van der Waals surface area contributed by atoms with Crippen molar-refractivity contribution >= 4 is 11.9 Å². The fourth-order valence-corrected chi connectivity index (χ4v) is 2.45. The van der Waals surface area contributed by atoms with Crippen molar-refractivity contribution in [2.75, 3.05) is 13.1 Å². The topological polar surface area (TPSA) is 77.8 Å².